The quantitative estimate of drug-likeness (QED) is 0.583. The average Bonchev–Trinajstić information content (AvgIpc) is 2.55. The number of rotatable bonds is 7. The number of anilines is 1. The van der Waals surface area contributed by atoms with Gasteiger partial charge in [-0.1, -0.05) is 46.1 Å². The van der Waals surface area contributed by atoms with E-state index >= 15 is 0 Å². The van der Waals surface area contributed by atoms with E-state index in [0.29, 0.717) is 28.9 Å². The molecule has 2 aromatic carbocycles. The van der Waals surface area contributed by atoms with Crippen LogP contribution >= 0.6 is 39.1 Å². The number of benzene rings is 2. The van der Waals surface area contributed by atoms with Crippen LogP contribution in [-0.2, 0) is 6.54 Å². The first-order valence-electron chi connectivity index (χ1n) is 7.24. The van der Waals surface area contributed by atoms with Crippen molar-refractivity contribution < 1.29 is 9.47 Å². The Hall–Kier alpha value is -1.10. The van der Waals surface area contributed by atoms with Crippen molar-refractivity contribution in [2.45, 2.75) is 19.9 Å². The van der Waals surface area contributed by atoms with Crippen molar-refractivity contribution in [1.82, 2.24) is 0 Å². The van der Waals surface area contributed by atoms with Gasteiger partial charge < -0.3 is 14.8 Å². The van der Waals surface area contributed by atoms with E-state index in [0.717, 1.165) is 27.9 Å². The fourth-order valence-corrected chi connectivity index (χ4v) is 2.82. The van der Waals surface area contributed by atoms with E-state index in [1.807, 2.05) is 18.2 Å². The topological polar surface area (TPSA) is 30.5 Å². The molecule has 23 heavy (non-hydrogen) atoms. The molecule has 0 amide bonds. The minimum atomic E-state index is 0.517. The highest BCUT2D eigenvalue weighted by atomic mass is 79.9. The molecule has 0 unspecified atom stereocenters. The highest BCUT2D eigenvalue weighted by molar-refractivity contribution is 9.10. The molecule has 0 aromatic heterocycles. The first kappa shape index (κ1) is 18.2. The minimum absolute atomic E-state index is 0.517. The van der Waals surface area contributed by atoms with Gasteiger partial charge in [-0.25, -0.2) is 0 Å². The van der Waals surface area contributed by atoms with Gasteiger partial charge in [-0.05, 0) is 36.8 Å². The third-order valence-electron chi connectivity index (χ3n) is 3.23. The molecule has 124 valence electrons. The van der Waals surface area contributed by atoms with E-state index in [2.05, 4.69) is 28.2 Å². The van der Waals surface area contributed by atoms with Crippen LogP contribution in [0.3, 0.4) is 0 Å². The van der Waals surface area contributed by atoms with E-state index in [1.165, 1.54) is 0 Å². The lowest BCUT2D eigenvalue weighted by molar-refractivity contribution is 0.291. The second-order valence-electron chi connectivity index (χ2n) is 4.89. The standard InChI is InChI=1S/C17H18BrCl2NO2/c1-3-8-23-17-12(13(18)5-7-16(17)22-2)10-21-11-4-6-14(19)15(20)9-11/h4-7,9,21H,3,8,10H2,1-2H3. The Morgan fingerprint density at radius 3 is 2.57 bits per heavy atom. The van der Waals surface area contributed by atoms with Crippen molar-refractivity contribution >= 4 is 44.8 Å². The number of halogens is 3. The van der Waals surface area contributed by atoms with Gasteiger partial charge in [0.1, 0.15) is 0 Å². The van der Waals surface area contributed by atoms with Crippen molar-refractivity contribution in [3.8, 4) is 11.5 Å². The Balaban J connectivity index is 2.24. The molecule has 0 aliphatic carbocycles. The first-order valence-corrected chi connectivity index (χ1v) is 8.78. The molecule has 0 atom stereocenters. The van der Waals surface area contributed by atoms with E-state index in [9.17, 15) is 0 Å². The van der Waals surface area contributed by atoms with Crippen LogP contribution < -0.4 is 14.8 Å². The Morgan fingerprint density at radius 2 is 1.91 bits per heavy atom. The Kier molecular flexibility index (Phi) is 6.88. The fourth-order valence-electron chi connectivity index (χ4n) is 2.07. The van der Waals surface area contributed by atoms with Crippen molar-refractivity contribution in [2.75, 3.05) is 19.0 Å². The van der Waals surface area contributed by atoms with Crippen molar-refractivity contribution in [3.63, 3.8) is 0 Å². The maximum absolute atomic E-state index is 6.05. The zero-order valence-corrected chi connectivity index (χ0v) is 16.1. The van der Waals surface area contributed by atoms with Crippen LogP contribution in [0, 0.1) is 0 Å². The lowest BCUT2D eigenvalue weighted by atomic mass is 10.1. The molecule has 2 aromatic rings. The maximum Gasteiger partial charge on any atom is 0.167 e. The monoisotopic (exact) mass is 417 g/mol. The van der Waals surface area contributed by atoms with Crippen LogP contribution in [0.25, 0.3) is 0 Å². The summed E-state index contributed by atoms with van der Waals surface area (Å²) < 4.78 is 12.2. The second-order valence-corrected chi connectivity index (χ2v) is 6.56. The van der Waals surface area contributed by atoms with Gasteiger partial charge in [0.2, 0.25) is 0 Å². The molecule has 0 fully saturated rings. The van der Waals surface area contributed by atoms with Crippen LogP contribution in [0.5, 0.6) is 11.5 Å². The van der Waals surface area contributed by atoms with Crippen LogP contribution in [-0.4, -0.2) is 13.7 Å². The zero-order chi connectivity index (χ0) is 16.8. The number of nitrogens with one attached hydrogen (secondary N) is 1. The van der Waals surface area contributed by atoms with Gasteiger partial charge in [0.05, 0.1) is 23.8 Å². The van der Waals surface area contributed by atoms with Gasteiger partial charge in [0.25, 0.3) is 0 Å². The summed E-state index contributed by atoms with van der Waals surface area (Å²) in [5.41, 5.74) is 1.87. The molecule has 6 heteroatoms. The Labute approximate surface area is 155 Å². The van der Waals surface area contributed by atoms with Crippen molar-refractivity contribution in [2.24, 2.45) is 0 Å². The smallest absolute Gasteiger partial charge is 0.167 e. The van der Waals surface area contributed by atoms with Crippen molar-refractivity contribution in [1.29, 1.82) is 0 Å². The molecule has 0 heterocycles. The number of methoxy groups -OCH3 is 1. The molecule has 0 saturated heterocycles. The third-order valence-corrected chi connectivity index (χ3v) is 4.71. The number of hydrogen-bond donors (Lipinski definition) is 1. The predicted octanol–water partition coefficient (Wildman–Crippen LogP) is 6.17. The molecule has 0 bridgehead atoms. The number of ether oxygens (including phenoxy) is 2. The van der Waals surface area contributed by atoms with Gasteiger partial charge in [-0.15, -0.1) is 0 Å². The highest BCUT2D eigenvalue weighted by Gasteiger charge is 2.14. The normalized spacial score (nSPS) is 10.5. The molecular formula is C17H18BrCl2NO2. The van der Waals surface area contributed by atoms with Gasteiger partial charge >= 0.3 is 0 Å². The summed E-state index contributed by atoms with van der Waals surface area (Å²) in [6.07, 6.45) is 0.926. The Morgan fingerprint density at radius 1 is 1.13 bits per heavy atom. The van der Waals surface area contributed by atoms with E-state index in [1.54, 1.807) is 19.2 Å². The second kappa shape index (κ2) is 8.67. The fraction of sp³-hybridized carbons (Fsp3) is 0.294. The summed E-state index contributed by atoms with van der Waals surface area (Å²) >= 11 is 15.6. The lowest BCUT2D eigenvalue weighted by Gasteiger charge is -2.17. The average molecular weight is 419 g/mol. The molecule has 0 aliphatic rings. The summed E-state index contributed by atoms with van der Waals surface area (Å²) in [4.78, 5) is 0. The van der Waals surface area contributed by atoms with Crippen molar-refractivity contribution in [3.05, 3.63) is 50.4 Å². The van der Waals surface area contributed by atoms with E-state index in [-0.39, 0.29) is 0 Å². The van der Waals surface area contributed by atoms with Gasteiger partial charge in [-0.3, -0.25) is 0 Å². The Bertz CT molecular complexity index is 680. The van der Waals surface area contributed by atoms with Crippen LogP contribution in [0.2, 0.25) is 10.0 Å². The minimum Gasteiger partial charge on any atom is -0.493 e. The summed E-state index contributed by atoms with van der Waals surface area (Å²) in [6, 6.07) is 9.28. The molecule has 0 saturated carbocycles. The maximum atomic E-state index is 6.05. The molecular weight excluding hydrogens is 401 g/mol. The molecule has 0 aliphatic heterocycles. The van der Waals surface area contributed by atoms with Crippen LogP contribution in [0.15, 0.2) is 34.8 Å². The van der Waals surface area contributed by atoms with Gasteiger partial charge in [0, 0.05) is 22.3 Å². The highest BCUT2D eigenvalue weighted by Crippen LogP contribution is 2.37. The first-order chi connectivity index (χ1) is 11.1. The van der Waals surface area contributed by atoms with Crippen LogP contribution in [0.1, 0.15) is 18.9 Å². The molecule has 3 nitrogen and oxygen atoms in total. The van der Waals surface area contributed by atoms with Gasteiger partial charge in [0.15, 0.2) is 11.5 Å². The predicted molar refractivity (Wildman–Crippen MR) is 100 cm³/mol. The molecule has 1 N–H and O–H groups in total. The molecule has 2 rings (SSSR count). The largest absolute Gasteiger partial charge is 0.493 e. The molecule has 0 radical (unpaired) electrons. The lowest BCUT2D eigenvalue weighted by Crippen LogP contribution is -2.06. The summed E-state index contributed by atoms with van der Waals surface area (Å²) in [7, 11) is 1.64. The van der Waals surface area contributed by atoms with Crippen LogP contribution in [0.4, 0.5) is 5.69 Å². The summed E-state index contributed by atoms with van der Waals surface area (Å²) in [5.74, 6) is 1.46. The zero-order valence-electron chi connectivity index (χ0n) is 13.0. The van der Waals surface area contributed by atoms with E-state index in [4.69, 9.17) is 32.7 Å². The summed E-state index contributed by atoms with van der Waals surface area (Å²) in [6.45, 7) is 3.26. The number of hydrogen-bond acceptors (Lipinski definition) is 3. The van der Waals surface area contributed by atoms with E-state index < -0.39 is 0 Å². The third kappa shape index (κ3) is 4.69. The SMILES string of the molecule is CCCOc1c(OC)ccc(Br)c1CNc1ccc(Cl)c(Cl)c1. The van der Waals surface area contributed by atoms with Gasteiger partial charge in [-0.2, -0.15) is 0 Å². The molecule has 0 spiro atoms. The summed E-state index contributed by atoms with van der Waals surface area (Å²) in [5, 5.41) is 4.38.